The Kier molecular flexibility index (Phi) is 5.76. The van der Waals surface area contributed by atoms with Crippen LogP contribution in [0.2, 0.25) is 0 Å². The molecule has 0 N–H and O–H groups in total. The van der Waals surface area contributed by atoms with Crippen LogP contribution in [0.4, 0.5) is 28.4 Å². The summed E-state index contributed by atoms with van der Waals surface area (Å²) in [5.41, 5.74) is 19.0. The summed E-state index contributed by atoms with van der Waals surface area (Å²) in [6, 6.07) is 62.7. The number of anilines is 5. The van der Waals surface area contributed by atoms with Crippen LogP contribution in [0.1, 0.15) is 25.0 Å². The number of hydrogen-bond donors (Lipinski definition) is 0. The normalized spacial score (nSPS) is 14.6. The van der Waals surface area contributed by atoms with Gasteiger partial charge in [0.2, 0.25) is 0 Å². The third-order valence-corrected chi connectivity index (χ3v) is 12.9. The average molecular weight is 716 g/mol. The lowest BCUT2D eigenvalue weighted by atomic mass is 9.44. The Morgan fingerprint density at radius 2 is 1.14 bits per heavy atom. The summed E-state index contributed by atoms with van der Waals surface area (Å²) in [6.45, 7) is 4.66. The van der Waals surface area contributed by atoms with Crippen LogP contribution in [0.15, 0.2) is 174 Å². The summed E-state index contributed by atoms with van der Waals surface area (Å²) in [7, 11) is 0. The van der Waals surface area contributed by atoms with Gasteiger partial charge >= 0.3 is 6.85 Å². The van der Waals surface area contributed by atoms with E-state index < -0.39 is 0 Å². The summed E-state index contributed by atoms with van der Waals surface area (Å²) in [4.78, 5) is 5.15. The molecule has 5 heterocycles. The first kappa shape index (κ1) is 30.4. The number of para-hydroxylation sites is 6. The van der Waals surface area contributed by atoms with E-state index in [-0.39, 0.29) is 12.3 Å². The second-order valence-corrected chi connectivity index (χ2v) is 16.1. The summed E-state index contributed by atoms with van der Waals surface area (Å²) >= 11 is 0. The van der Waals surface area contributed by atoms with E-state index in [1.165, 1.54) is 83.4 Å². The molecule has 2 aromatic heterocycles. The fraction of sp³-hybridized carbons (Fsp3) is 0.0588. The summed E-state index contributed by atoms with van der Waals surface area (Å²) < 4.78 is 9.21. The zero-order chi connectivity index (χ0) is 36.9. The molecule has 0 aliphatic carbocycles. The smallest absolute Gasteiger partial charge is 0.333 e. The molecule has 8 aromatic carbocycles. The first-order chi connectivity index (χ1) is 27.6. The van der Waals surface area contributed by atoms with E-state index in [0.29, 0.717) is 0 Å². The minimum absolute atomic E-state index is 0.0695. The van der Waals surface area contributed by atoms with E-state index in [9.17, 15) is 0 Å². The Hall–Kier alpha value is -6.98. The highest BCUT2D eigenvalue weighted by molar-refractivity contribution is 6.93. The Morgan fingerprint density at radius 3 is 1.93 bits per heavy atom. The molecular weight excluding hydrogens is 681 g/mol. The van der Waals surface area contributed by atoms with Gasteiger partial charge in [-0.1, -0.05) is 123 Å². The van der Waals surface area contributed by atoms with Crippen LogP contribution < -0.4 is 20.6 Å². The molecule has 0 saturated carbocycles. The van der Waals surface area contributed by atoms with Crippen molar-refractivity contribution in [2.24, 2.45) is 0 Å². The SMILES string of the molecule is CC1(C)c2ccccc2N(c2cc3c4c5c2c2ccccc2n5-c2ccccc2B4N(c2ccccc2)c2cc4c(cc2-3)oc2ccccc24)c2ccccc21. The lowest BCUT2D eigenvalue weighted by Gasteiger charge is -2.44. The fourth-order valence-corrected chi connectivity index (χ4v) is 10.6. The van der Waals surface area contributed by atoms with Crippen molar-refractivity contribution >= 4 is 90.0 Å². The van der Waals surface area contributed by atoms with E-state index in [0.717, 1.165) is 27.6 Å². The Bertz CT molecular complexity index is 3270. The Labute approximate surface area is 324 Å². The molecule has 0 radical (unpaired) electrons. The van der Waals surface area contributed by atoms with Crippen molar-refractivity contribution in [1.29, 1.82) is 0 Å². The van der Waals surface area contributed by atoms with Gasteiger partial charge in [0, 0.05) is 49.6 Å². The van der Waals surface area contributed by atoms with Gasteiger partial charge in [0.1, 0.15) is 11.2 Å². The van der Waals surface area contributed by atoms with Gasteiger partial charge in [-0.25, -0.2) is 0 Å². The molecule has 4 nitrogen and oxygen atoms in total. The Morgan fingerprint density at radius 1 is 0.500 bits per heavy atom. The van der Waals surface area contributed by atoms with E-state index >= 15 is 0 Å². The van der Waals surface area contributed by atoms with Gasteiger partial charge < -0.3 is 18.7 Å². The highest BCUT2D eigenvalue weighted by Gasteiger charge is 2.46. The molecule has 0 fully saturated rings. The third-order valence-electron chi connectivity index (χ3n) is 12.9. The topological polar surface area (TPSA) is 24.6 Å². The predicted molar refractivity (Wildman–Crippen MR) is 234 cm³/mol. The number of benzene rings is 8. The van der Waals surface area contributed by atoms with E-state index in [1.807, 2.05) is 0 Å². The maximum atomic E-state index is 6.66. The molecule has 0 bridgehead atoms. The van der Waals surface area contributed by atoms with Crippen molar-refractivity contribution in [2.75, 3.05) is 9.71 Å². The highest BCUT2D eigenvalue weighted by Crippen LogP contribution is 2.56. The van der Waals surface area contributed by atoms with Crippen molar-refractivity contribution in [3.63, 3.8) is 0 Å². The lowest BCUT2D eigenvalue weighted by Crippen LogP contribution is -2.60. The summed E-state index contributed by atoms with van der Waals surface area (Å²) in [5.74, 6) is 0. The van der Waals surface area contributed by atoms with Gasteiger partial charge in [-0.05, 0) is 88.3 Å². The molecule has 262 valence electrons. The van der Waals surface area contributed by atoms with Gasteiger partial charge in [0.25, 0.3) is 0 Å². The van der Waals surface area contributed by atoms with Crippen LogP contribution in [0, 0.1) is 0 Å². The number of aromatic nitrogens is 1. The molecule has 3 aliphatic heterocycles. The Balaban J connectivity index is 1.25. The highest BCUT2D eigenvalue weighted by atomic mass is 16.3. The molecule has 0 unspecified atom stereocenters. The maximum Gasteiger partial charge on any atom is 0.333 e. The summed E-state index contributed by atoms with van der Waals surface area (Å²) in [5, 5.41) is 4.78. The van der Waals surface area contributed by atoms with Crippen LogP contribution in [0.25, 0.3) is 60.6 Å². The molecule has 0 atom stereocenters. The molecule has 0 amide bonds. The third kappa shape index (κ3) is 3.70. The van der Waals surface area contributed by atoms with Crippen molar-refractivity contribution in [2.45, 2.75) is 19.3 Å². The molecule has 5 heteroatoms. The minimum atomic E-state index is -0.170. The van der Waals surface area contributed by atoms with Crippen molar-refractivity contribution in [3.05, 3.63) is 181 Å². The fourth-order valence-electron chi connectivity index (χ4n) is 10.6. The van der Waals surface area contributed by atoms with Crippen molar-refractivity contribution in [3.8, 4) is 16.8 Å². The second kappa shape index (κ2) is 10.6. The zero-order valence-electron chi connectivity index (χ0n) is 31.0. The van der Waals surface area contributed by atoms with Gasteiger partial charge in [-0.3, -0.25) is 0 Å². The van der Waals surface area contributed by atoms with E-state index in [1.54, 1.807) is 0 Å². The quantitative estimate of drug-likeness (QED) is 0.167. The van der Waals surface area contributed by atoms with Gasteiger partial charge in [0.15, 0.2) is 0 Å². The molecule has 10 aromatic rings. The number of fused-ring (bicyclic) bond motifs is 13. The van der Waals surface area contributed by atoms with Crippen LogP contribution in [0.5, 0.6) is 0 Å². The number of hydrogen-bond acceptors (Lipinski definition) is 3. The maximum absolute atomic E-state index is 6.66. The van der Waals surface area contributed by atoms with Crippen LogP contribution in [-0.4, -0.2) is 11.4 Å². The predicted octanol–water partition coefficient (Wildman–Crippen LogP) is 12.0. The molecule has 0 saturated heterocycles. The monoisotopic (exact) mass is 715 g/mol. The standard InChI is InChI=1S/C51H34BN3O/c1-51(2)37-20-8-12-24-41(37)53(42-25-13-9-21-38(42)51)45-29-36-34-30-47-35(32-18-7-15-27-46(32)56-47)28-44(34)55(31-16-4-3-5-17-31)52-39-22-10-14-26-43(39)54-40-23-11-6-19-33(40)48(45)50(54)49(36)52/h3-30H,1-2H3. The molecule has 13 rings (SSSR count). The van der Waals surface area contributed by atoms with Gasteiger partial charge in [-0.15, -0.1) is 0 Å². The van der Waals surface area contributed by atoms with Crippen LogP contribution in [-0.2, 0) is 5.41 Å². The zero-order valence-corrected chi connectivity index (χ0v) is 31.0. The molecular formula is C51H34BN3O. The van der Waals surface area contributed by atoms with Crippen LogP contribution >= 0.6 is 0 Å². The van der Waals surface area contributed by atoms with Gasteiger partial charge in [-0.2, -0.15) is 0 Å². The lowest BCUT2D eigenvalue weighted by molar-refractivity contribution is 0.632. The van der Waals surface area contributed by atoms with Crippen LogP contribution in [0.3, 0.4) is 0 Å². The first-order valence-corrected chi connectivity index (χ1v) is 19.6. The second-order valence-electron chi connectivity index (χ2n) is 16.1. The molecule has 3 aliphatic rings. The van der Waals surface area contributed by atoms with Crippen molar-refractivity contribution in [1.82, 2.24) is 4.57 Å². The van der Waals surface area contributed by atoms with Gasteiger partial charge in [0.05, 0.1) is 28.1 Å². The van der Waals surface area contributed by atoms with Crippen molar-refractivity contribution < 1.29 is 4.42 Å². The minimum Gasteiger partial charge on any atom is -0.456 e. The summed E-state index contributed by atoms with van der Waals surface area (Å²) in [6.07, 6.45) is 0. The first-order valence-electron chi connectivity index (χ1n) is 19.6. The largest absolute Gasteiger partial charge is 0.456 e. The molecule has 0 spiro atoms. The average Bonchev–Trinajstić information content (AvgIpc) is 3.79. The molecule has 56 heavy (non-hydrogen) atoms. The number of furan rings is 1. The number of nitrogens with zero attached hydrogens (tertiary/aromatic N) is 3. The van der Waals surface area contributed by atoms with E-state index in [2.05, 4.69) is 198 Å². The van der Waals surface area contributed by atoms with E-state index in [4.69, 9.17) is 4.42 Å². The number of rotatable bonds is 2.